The fourth-order valence-electron chi connectivity index (χ4n) is 8.27. The van der Waals surface area contributed by atoms with Crippen molar-refractivity contribution in [3.8, 4) is 0 Å². The van der Waals surface area contributed by atoms with E-state index >= 15 is 0 Å². The van der Waals surface area contributed by atoms with Crippen molar-refractivity contribution < 1.29 is 0 Å². The highest BCUT2D eigenvalue weighted by Crippen LogP contribution is 2.50. The van der Waals surface area contributed by atoms with Crippen LogP contribution in [0.2, 0.25) is 5.02 Å². The van der Waals surface area contributed by atoms with Crippen molar-refractivity contribution >= 4 is 63.0 Å². The Kier molecular flexibility index (Phi) is 13.2. The predicted octanol–water partition coefficient (Wildman–Crippen LogP) is 18.6. The summed E-state index contributed by atoms with van der Waals surface area (Å²) in [5.41, 5.74) is 12.9. The third kappa shape index (κ3) is 10.6. The molecule has 0 bridgehead atoms. The van der Waals surface area contributed by atoms with Crippen LogP contribution < -0.4 is 14.7 Å². The minimum Gasteiger partial charge on any atom is -0.309 e. The van der Waals surface area contributed by atoms with Gasteiger partial charge in [-0.15, -0.1) is 0 Å². The van der Waals surface area contributed by atoms with E-state index < -0.39 is 0 Å². The summed E-state index contributed by atoms with van der Waals surface area (Å²) in [4.78, 5) is 12.4. The van der Waals surface area contributed by atoms with Gasteiger partial charge in [0.25, 0.3) is 0 Å². The fraction of sp³-hybridized carbons (Fsp3) is 0.328. The second-order valence-corrected chi connectivity index (χ2v) is 23.3. The second kappa shape index (κ2) is 18.1. The number of benzene rings is 6. The molecule has 4 nitrogen and oxygen atoms in total. The van der Waals surface area contributed by atoms with Crippen molar-refractivity contribution in [3.63, 3.8) is 0 Å². The van der Waals surface area contributed by atoms with Crippen LogP contribution in [0, 0.1) is 0 Å². The first-order chi connectivity index (χ1) is 30.8. The number of pyridine rings is 1. The third-order valence-corrected chi connectivity index (χ3v) is 12.9. The van der Waals surface area contributed by atoms with Crippen molar-refractivity contribution in [2.45, 2.75) is 131 Å². The van der Waals surface area contributed by atoms with E-state index in [1.54, 1.807) is 0 Å². The molecule has 6 aromatic carbocycles. The van der Waals surface area contributed by atoms with E-state index in [-0.39, 0.29) is 27.1 Å². The van der Waals surface area contributed by atoms with Crippen LogP contribution >= 0.6 is 11.6 Å². The van der Waals surface area contributed by atoms with Crippen LogP contribution in [0.3, 0.4) is 0 Å². The van der Waals surface area contributed by atoms with E-state index in [4.69, 9.17) is 16.6 Å². The Morgan fingerprint density at radius 3 is 0.924 bits per heavy atom. The largest absolute Gasteiger partial charge is 0.309 e. The first-order valence-corrected chi connectivity index (χ1v) is 23.9. The molecule has 1 heterocycles. The van der Waals surface area contributed by atoms with Crippen LogP contribution in [-0.4, -0.2) is 4.98 Å². The van der Waals surface area contributed by atoms with Gasteiger partial charge >= 0.3 is 0 Å². The maximum Gasteiger partial charge on any atom is 0.140 e. The predicted molar refractivity (Wildman–Crippen MR) is 287 cm³/mol. The molecule has 0 aliphatic rings. The van der Waals surface area contributed by atoms with E-state index in [0.29, 0.717) is 5.02 Å². The Morgan fingerprint density at radius 2 is 0.591 bits per heavy atom. The van der Waals surface area contributed by atoms with Gasteiger partial charge in [-0.1, -0.05) is 188 Å². The SMILES string of the molecule is CC(C)(C)c1ccc(N(c2ccc(C(C)(C)C)cc2)c2cccc(N(c3ccccc3)c3cc(C(C)(C)C)cc(N(c4ccc(C(C)(C)C)cc4)c4ccc(C(C)(C)C)cc4)c3Cl)n2)cc1. The minimum atomic E-state index is -0.223. The van der Waals surface area contributed by atoms with Crippen LogP contribution in [0.15, 0.2) is 158 Å². The van der Waals surface area contributed by atoms with E-state index in [1.807, 2.05) is 0 Å². The number of aromatic nitrogens is 1. The fourth-order valence-corrected chi connectivity index (χ4v) is 8.55. The molecule has 1 aromatic heterocycles. The molecule has 0 atom stereocenters. The molecular weight excluding hydrogens is 824 g/mol. The van der Waals surface area contributed by atoms with Gasteiger partial charge in [0, 0.05) is 28.4 Å². The summed E-state index contributed by atoms with van der Waals surface area (Å²) in [5, 5.41) is 0.617. The Bertz CT molecular complexity index is 2620. The molecule has 0 saturated heterocycles. The van der Waals surface area contributed by atoms with Gasteiger partial charge in [0.1, 0.15) is 11.6 Å². The zero-order valence-corrected chi connectivity index (χ0v) is 42.9. The molecule has 66 heavy (non-hydrogen) atoms. The summed E-state index contributed by atoms with van der Waals surface area (Å²) >= 11 is 8.00. The topological polar surface area (TPSA) is 22.6 Å². The highest BCUT2D eigenvalue weighted by Gasteiger charge is 2.29. The minimum absolute atomic E-state index is 0.00768. The number of anilines is 9. The van der Waals surface area contributed by atoms with Crippen LogP contribution in [0.4, 0.5) is 51.4 Å². The van der Waals surface area contributed by atoms with Crippen molar-refractivity contribution in [3.05, 3.63) is 191 Å². The van der Waals surface area contributed by atoms with Gasteiger partial charge in [0.2, 0.25) is 0 Å². The molecule has 0 aliphatic heterocycles. The number of nitrogens with zero attached hydrogens (tertiary/aromatic N) is 4. The average molecular weight is 896 g/mol. The van der Waals surface area contributed by atoms with Crippen molar-refractivity contribution in [1.82, 2.24) is 4.98 Å². The second-order valence-electron chi connectivity index (χ2n) is 23.0. The van der Waals surface area contributed by atoms with Crippen LogP contribution in [-0.2, 0) is 27.1 Å². The number of rotatable bonds is 9. The molecule has 0 radical (unpaired) electrons. The maximum absolute atomic E-state index is 8.00. The quantitative estimate of drug-likeness (QED) is 0.144. The van der Waals surface area contributed by atoms with Crippen molar-refractivity contribution in [2.24, 2.45) is 0 Å². The monoisotopic (exact) mass is 895 g/mol. The number of halogens is 1. The summed E-state index contributed by atoms with van der Waals surface area (Å²) in [6, 6.07) is 57.1. The summed E-state index contributed by atoms with van der Waals surface area (Å²) in [6.07, 6.45) is 0. The van der Waals surface area contributed by atoms with Gasteiger partial charge in [-0.25, -0.2) is 4.98 Å². The molecule has 0 amide bonds. The molecule has 0 unspecified atom stereocenters. The lowest BCUT2D eigenvalue weighted by molar-refractivity contribution is 0.589. The van der Waals surface area contributed by atoms with E-state index in [0.717, 1.165) is 57.0 Å². The standard InChI is InChI=1S/C61H71ClN4/c1-57(2,3)42-24-32-48(33-25-42)64(49-34-26-43(27-35-49)58(4,5)6)52-40-46(61(13,14)15)41-53(56(52)62)66(47-20-17-16-18-21-47)55-23-19-22-54(63-55)65(50-36-28-44(29-37-50)59(7,8)9)51-38-30-45(31-39-51)60(10,11)12/h16-41H,1-15H3. The summed E-state index contributed by atoms with van der Waals surface area (Å²) in [6.45, 7) is 33.9. The summed E-state index contributed by atoms with van der Waals surface area (Å²) in [7, 11) is 0. The molecule has 7 aromatic rings. The molecule has 342 valence electrons. The van der Waals surface area contributed by atoms with Gasteiger partial charge in [0.15, 0.2) is 0 Å². The Balaban J connectivity index is 1.47. The van der Waals surface area contributed by atoms with Gasteiger partial charge in [-0.3, -0.25) is 9.80 Å². The number of hydrogen-bond donors (Lipinski definition) is 0. The van der Waals surface area contributed by atoms with Gasteiger partial charge in [-0.05, 0) is 140 Å². The third-order valence-electron chi connectivity index (χ3n) is 12.5. The highest BCUT2D eigenvalue weighted by molar-refractivity contribution is 6.36. The molecule has 7 rings (SSSR count). The van der Waals surface area contributed by atoms with Crippen LogP contribution in [0.25, 0.3) is 0 Å². The van der Waals surface area contributed by atoms with Gasteiger partial charge in [-0.2, -0.15) is 0 Å². The molecule has 0 saturated carbocycles. The van der Waals surface area contributed by atoms with Crippen molar-refractivity contribution in [2.75, 3.05) is 14.7 Å². The zero-order valence-electron chi connectivity index (χ0n) is 42.2. The first kappa shape index (κ1) is 48.1. The smallest absolute Gasteiger partial charge is 0.140 e. The lowest BCUT2D eigenvalue weighted by atomic mass is 9.85. The lowest BCUT2D eigenvalue weighted by Gasteiger charge is -2.34. The summed E-state index contributed by atoms with van der Waals surface area (Å²) < 4.78 is 0. The van der Waals surface area contributed by atoms with Crippen molar-refractivity contribution in [1.29, 1.82) is 0 Å². The maximum atomic E-state index is 8.00. The molecule has 0 N–H and O–H groups in total. The van der Waals surface area contributed by atoms with E-state index in [9.17, 15) is 0 Å². The van der Waals surface area contributed by atoms with Gasteiger partial charge in [0.05, 0.1) is 16.4 Å². The zero-order chi connectivity index (χ0) is 48.0. The molecule has 5 heteroatoms. The Morgan fingerprint density at radius 1 is 0.303 bits per heavy atom. The van der Waals surface area contributed by atoms with Crippen LogP contribution in [0.5, 0.6) is 0 Å². The van der Waals surface area contributed by atoms with E-state index in [2.05, 4.69) is 276 Å². The molecule has 0 fully saturated rings. The normalized spacial score (nSPS) is 12.5. The number of hydrogen-bond acceptors (Lipinski definition) is 4. The molecule has 0 spiro atoms. The Hall–Kier alpha value is -5.84. The number of para-hydroxylation sites is 1. The average Bonchev–Trinajstić information content (AvgIpc) is 3.25. The lowest BCUT2D eigenvalue weighted by Crippen LogP contribution is -2.20. The molecule has 0 aliphatic carbocycles. The molecular formula is C61H71ClN4. The van der Waals surface area contributed by atoms with Crippen LogP contribution in [0.1, 0.15) is 132 Å². The van der Waals surface area contributed by atoms with Gasteiger partial charge < -0.3 is 4.90 Å². The first-order valence-electron chi connectivity index (χ1n) is 23.5. The van der Waals surface area contributed by atoms with E-state index in [1.165, 1.54) is 22.3 Å². The summed E-state index contributed by atoms with van der Waals surface area (Å²) in [5.74, 6) is 1.54. The highest BCUT2D eigenvalue weighted by atomic mass is 35.5. The Labute approximate surface area is 402 Å².